The van der Waals surface area contributed by atoms with E-state index in [1.165, 1.54) is 5.56 Å². The first-order valence-corrected chi connectivity index (χ1v) is 7.47. The van der Waals surface area contributed by atoms with E-state index in [1.54, 1.807) is 19.2 Å². The molecule has 0 aliphatic carbocycles. The summed E-state index contributed by atoms with van der Waals surface area (Å²) in [6.45, 7) is 1.21. The van der Waals surface area contributed by atoms with E-state index >= 15 is 0 Å². The molecule has 0 bridgehead atoms. The van der Waals surface area contributed by atoms with Gasteiger partial charge in [-0.05, 0) is 24.1 Å². The lowest BCUT2D eigenvalue weighted by Gasteiger charge is -2.39. The van der Waals surface area contributed by atoms with Crippen molar-refractivity contribution in [3.8, 4) is 0 Å². The molecule has 22 heavy (non-hydrogen) atoms. The van der Waals surface area contributed by atoms with Crippen LogP contribution in [0.5, 0.6) is 0 Å². The molecule has 0 radical (unpaired) electrons. The van der Waals surface area contributed by atoms with E-state index in [0.717, 1.165) is 18.5 Å². The van der Waals surface area contributed by atoms with Gasteiger partial charge < -0.3 is 10.1 Å². The predicted molar refractivity (Wildman–Crippen MR) is 85.6 cm³/mol. The summed E-state index contributed by atoms with van der Waals surface area (Å²) in [5.74, 6) is -0.0955. The van der Waals surface area contributed by atoms with Gasteiger partial charge >= 0.3 is 0 Å². The predicted octanol–water partition coefficient (Wildman–Crippen LogP) is 2.06. The molecule has 2 N–H and O–H groups in total. The van der Waals surface area contributed by atoms with Crippen LogP contribution in [0.15, 0.2) is 54.6 Å². The van der Waals surface area contributed by atoms with Crippen LogP contribution < -0.4 is 10.6 Å². The highest BCUT2D eigenvalue weighted by Crippen LogP contribution is 2.28. The zero-order chi connectivity index (χ0) is 15.4. The fraction of sp³-hybridized carbons (Fsp3) is 0.278. The van der Waals surface area contributed by atoms with Crippen molar-refractivity contribution in [3.05, 3.63) is 71.3 Å². The van der Waals surface area contributed by atoms with Crippen LogP contribution in [0, 0.1) is 0 Å². The molecule has 1 aliphatic rings. The fourth-order valence-electron chi connectivity index (χ4n) is 2.93. The zero-order valence-electron chi connectivity index (χ0n) is 12.6. The first-order valence-electron chi connectivity index (χ1n) is 7.47. The summed E-state index contributed by atoms with van der Waals surface area (Å²) in [5.41, 5.74) is 2.34. The molecule has 1 unspecified atom stereocenters. The molecule has 0 saturated heterocycles. The van der Waals surface area contributed by atoms with Crippen LogP contribution in [0.4, 0.5) is 0 Å². The van der Waals surface area contributed by atoms with E-state index in [4.69, 9.17) is 4.74 Å². The molecule has 1 heterocycles. The van der Waals surface area contributed by atoms with Gasteiger partial charge in [0.1, 0.15) is 0 Å². The van der Waals surface area contributed by atoms with E-state index in [9.17, 15) is 4.79 Å². The van der Waals surface area contributed by atoms with Crippen LogP contribution in [0.2, 0.25) is 0 Å². The SMILES string of the molecule is COC1(CNC(=O)c2ccccc2)NCCc2ccccc21. The molecule has 0 spiro atoms. The highest BCUT2D eigenvalue weighted by Gasteiger charge is 2.36. The molecular formula is C18H20N2O2. The Labute approximate surface area is 130 Å². The number of fused-ring (bicyclic) bond motifs is 1. The summed E-state index contributed by atoms with van der Waals surface area (Å²) in [4.78, 5) is 12.3. The molecule has 1 atom stereocenters. The molecule has 0 aromatic heterocycles. The molecule has 2 aromatic carbocycles. The van der Waals surface area contributed by atoms with Crippen molar-refractivity contribution in [2.45, 2.75) is 12.1 Å². The molecular weight excluding hydrogens is 276 g/mol. The van der Waals surface area contributed by atoms with E-state index < -0.39 is 5.72 Å². The summed E-state index contributed by atoms with van der Waals surface area (Å²) in [6, 6.07) is 17.4. The second-order valence-electron chi connectivity index (χ2n) is 5.41. The Hall–Kier alpha value is -2.17. The molecule has 4 nitrogen and oxygen atoms in total. The lowest BCUT2D eigenvalue weighted by atomic mass is 9.91. The summed E-state index contributed by atoms with van der Waals surface area (Å²) in [7, 11) is 1.67. The quantitative estimate of drug-likeness (QED) is 0.908. The Balaban J connectivity index is 1.80. The van der Waals surface area contributed by atoms with E-state index in [1.807, 2.05) is 30.3 Å². The smallest absolute Gasteiger partial charge is 0.251 e. The molecule has 0 fully saturated rings. The fourth-order valence-corrected chi connectivity index (χ4v) is 2.93. The van der Waals surface area contributed by atoms with Gasteiger partial charge in [0.05, 0.1) is 6.54 Å². The maximum atomic E-state index is 12.3. The Morgan fingerprint density at radius 1 is 1.18 bits per heavy atom. The van der Waals surface area contributed by atoms with Gasteiger partial charge in [0.15, 0.2) is 5.72 Å². The van der Waals surface area contributed by atoms with Gasteiger partial charge in [0.2, 0.25) is 0 Å². The monoisotopic (exact) mass is 296 g/mol. The van der Waals surface area contributed by atoms with E-state index in [-0.39, 0.29) is 5.91 Å². The topological polar surface area (TPSA) is 50.4 Å². The summed E-state index contributed by atoms with van der Waals surface area (Å²) < 4.78 is 5.77. The Kier molecular flexibility index (Phi) is 4.22. The highest BCUT2D eigenvalue weighted by molar-refractivity contribution is 5.94. The Morgan fingerprint density at radius 2 is 1.91 bits per heavy atom. The first-order chi connectivity index (χ1) is 10.7. The molecule has 4 heteroatoms. The average Bonchev–Trinajstić information content (AvgIpc) is 2.60. The number of amides is 1. The number of methoxy groups -OCH3 is 1. The maximum Gasteiger partial charge on any atom is 0.251 e. The highest BCUT2D eigenvalue weighted by atomic mass is 16.5. The average molecular weight is 296 g/mol. The lowest BCUT2D eigenvalue weighted by molar-refractivity contribution is -0.0471. The van der Waals surface area contributed by atoms with Crippen molar-refractivity contribution in [2.75, 3.05) is 20.2 Å². The van der Waals surface area contributed by atoms with Crippen LogP contribution in [0.1, 0.15) is 21.5 Å². The summed E-state index contributed by atoms with van der Waals surface area (Å²) in [6.07, 6.45) is 0.966. The molecule has 0 saturated carbocycles. The number of hydrogen-bond acceptors (Lipinski definition) is 3. The minimum Gasteiger partial charge on any atom is -0.358 e. The van der Waals surface area contributed by atoms with Gasteiger partial charge in [-0.2, -0.15) is 0 Å². The van der Waals surface area contributed by atoms with Crippen molar-refractivity contribution >= 4 is 5.91 Å². The summed E-state index contributed by atoms with van der Waals surface area (Å²) in [5, 5.41) is 6.38. The Bertz CT molecular complexity index is 657. The van der Waals surface area contributed by atoms with Crippen LogP contribution in [0.25, 0.3) is 0 Å². The van der Waals surface area contributed by atoms with Gasteiger partial charge in [-0.3, -0.25) is 10.1 Å². The number of ether oxygens (including phenoxy) is 1. The third-order valence-electron chi connectivity index (χ3n) is 4.14. The number of carbonyl (C=O) groups is 1. The first kappa shape index (κ1) is 14.8. The van der Waals surface area contributed by atoms with Gasteiger partial charge in [-0.25, -0.2) is 0 Å². The lowest BCUT2D eigenvalue weighted by Crippen LogP contribution is -2.55. The number of rotatable bonds is 4. The molecule has 114 valence electrons. The van der Waals surface area contributed by atoms with Gasteiger partial charge in [0, 0.05) is 24.8 Å². The van der Waals surface area contributed by atoms with Crippen molar-refractivity contribution in [1.29, 1.82) is 0 Å². The molecule has 2 aromatic rings. The van der Waals surface area contributed by atoms with E-state index in [2.05, 4.69) is 22.8 Å². The second-order valence-corrected chi connectivity index (χ2v) is 5.41. The van der Waals surface area contributed by atoms with Crippen molar-refractivity contribution in [3.63, 3.8) is 0 Å². The number of nitrogens with one attached hydrogen (secondary N) is 2. The standard InChI is InChI=1S/C18H20N2O2/c1-22-18(13-19-17(21)15-8-3-2-4-9-15)16-10-6-5-7-14(16)11-12-20-18/h2-10,20H,11-13H2,1H3,(H,19,21). The normalized spacial score (nSPS) is 20.2. The largest absolute Gasteiger partial charge is 0.358 e. The minimum absolute atomic E-state index is 0.0955. The molecule has 1 amide bonds. The van der Waals surface area contributed by atoms with Crippen LogP contribution >= 0.6 is 0 Å². The molecule has 1 aliphatic heterocycles. The van der Waals surface area contributed by atoms with Crippen LogP contribution in [-0.2, 0) is 16.9 Å². The van der Waals surface area contributed by atoms with Crippen molar-refractivity contribution in [2.24, 2.45) is 0 Å². The maximum absolute atomic E-state index is 12.3. The molecule has 3 rings (SSSR count). The third-order valence-corrected chi connectivity index (χ3v) is 4.14. The van der Waals surface area contributed by atoms with Gasteiger partial charge in [-0.15, -0.1) is 0 Å². The van der Waals surface area contributed by atoms with E-state index in [0.29, 0.717) is 12.1 Å². The number of carbonyl (C=O) groups excluding carboxylic acids is 1. The number of benzene rings is 2. The van der Waals surface area contributed by atoms with Crippen molar-refractivity contribution in [1.82, 2.24) is 10.6 Å². The minimum atomic E-state index is -0.667. The number of hydrogen-bond donors (Lipinski definition) is 2. The Morgan fingerprint density at radius 3 is 2.68 bits per heavy atom. The zero-order valence-corrected chi connectivity index (χ0v) is 12.6. The van der Waals surface area contributed by atoms with Crippen LogP contribution in [-0.4, -0.2) is 26.1 Å². The second kappa shape index (κ2) is 6.30. The van der Waals surface area contributed by atoms with Gasteiger partial charge in [0.25, 0.3) is 5.91 Å². The van der Waals surface area contributed by atoms with Crippen LogP contribution in [0.3, 0.4) is 0 Å². The third kappa shape index (κ3) is 2.75. The van der Waals surface area contributed by atoms with Crippen molar-refractivity contribution < 1.29 is 9.53 Å². The summed E-state index contributed by atoms with van der Waals surface area (Å²) >= 11 is 0. The van der Waals surface area contributed by atoms with Gasteiger partial charge in [-0.1, -0.05) is 42.5 Å².